The van der Waals surface area contributed by atoms with Crippen LogP contribution in [0.5, 0.6) is 0 Å². The van der Waals surface area contributed by atoms with Gasteiger partial charge in [0.05, 0.1) is 0 Å². The molecule has 2 aliphatic heterocycles. The zero-order chi connectivity index (χ0) is 23.7. The highest BCUT2D eigenvalue weighted by Crippen LogP contribution is 2.28. The lowest BCUT2D eigenvalue weighted by Crippen LogP contribution is -2.41. The second-order valence-electron chi connectivity index (χ2n) is 9.43. The first-order valence-electron chi connectivity index (χ1n) is 12.1. The molecule has 2 saturated heterocycles. The van der Waals surface area contributed by atoms with Crippen molar-refractivity contribution in [3.63, 3.8) is 0 Å². The van der Waals surface area contributed by atoms with Crippen molar-refractivity contribution in [3.05, 3.63) is 71.4 Å². The summed E-state index contributed by atoms with van der Waals surface area (Å²) in [4.78, 5) is 33.0. The molecule has 1 aromatic heterocycles. The van der Waals surface area contributed by atoms with E-state index in [0.717, 1.165) is 51.7 Å². The van der Waals surface area contributed by atoms with Gasteiger partial charge in [0.2, 0.25) is 0 Å². The molecule has 3 heterocycles. The van der Waals surface area contributed by atoms with Gasteiger partial charge in [-0.25, -0.2) is 8.78 Å². The zero-order valence-electron chi connectivity index (χ0n) is 19.5. The number of benzene rings is 2. The molecule has 35 heavy (non-hydrogen) atoms. The molecule has 0 radical (unpaired) electrons. The number of nitrogens with one attached hydrogen (secondary N) is 1. The van der Waals surface area contributed by atoms with Crippen LogP contribution in [0.2, 0.25) is 0 Å². The Bertz CT molecular complexity index is 1190. The minimum atomic E-state index is -0.473. The number of Topliss-reactive ketones (excluding diaryl/α,β-unsaturated/α-hetero) is 1. The van der Waals surface area contributed by atoms with E-state index in [1.54, 1.807) is 30.3 Å². The Hall–Kier alpha value is -2.58. The number of ketones is 1. The highest BCUT2D eigenvalue weighted by Gasteiger charge is 2.33. The second kappa shape index (κ2) is 11.0. The molecule has 5 rings (SSSR count). The summed E-state index contributed by atoms with van der Waals surface area (Å²) in [6, 6.07) is 12.9. The van der Waals surface area contributed by atoms with Crippen molar-refractivity contribution in [3.8, 4) is 0 Å². The number of H-pyrrole nitrogens is 1. The van der Waals surface area contributed by atoms with Gasteiger partial charge in [-0.15, -0.1) is 17.0 Å². The third-order valence-electron chi connectivity index (χ3n) is 7.36. The molecule has 0 aliphatic carbocycles. The Morgan fingerprint density at radius 1 is 0.943 bits per heavy atom. The molecule has 2 fully saturated rings. The summed E-state index contributed by atoms with van der Waals surface area (Å²) in [5.74, 6) is -1.01. The van der Waals surface area contributed by atoms with Crippen LogP contribution in [-0.2, 0) is 0 Å². The fourth-order valence-corrected chi connectivity index (χ4v) is 5.40. The molecule has 1 unspecified atom stereocenters. The van der Waals surface area contributed by atoms with Crippen LogP contribution in [-0.4, -0.2) is 58.7 Å². The number of hydrogen-bond acceptors (Lipinski definition) is 3. The number of carbonyl (C=O) groups is 2. The Morgan fingerprint density at radius 3 is 2.37 bits per heavy atom. The number of hydrogen-bond donors (Lipinski definition) is 1. The lowest BCUT2D eigenvalue weighted by atomic mass is 9.88. The third-order valence-corrected chi connectivity index (χ3v) is 7.36. The molecule has 1 N–H and O–H groups in total. The van der Waals surface area contributed by atoms with Gasteiger partial charge in [-0.1, -0.05) is 12.1 Å². The number of halogens is 3. The molecule has 0 spiro atoms. The molecule has 1 atom stereocenters. The van der Waals surface area contributed by atoms with Crippen LogP contribution >= 0.6 is 17.0 Å². The van der Waals surface area contributed by atoms with Gasteiger partial charge in [-0.3, -0.25) is 9.59 Å². The third kappa shape index (κ3) is 5.33. The van der Waals surface area contributed by atoms with E-state index < -0.39 is 5.82 Å². The molecule has 0 bridgehead atoms. The van der Waals surface area contributed by atoms with Gasteiger partial charge in [-0.05, 0) is 81.6 Å². The minimum Gasteiger partial charge on any atom is -0.348 e. The topological polar surface area (TPSA) is 56.4 Å². The number of rotatable bonds is 6. The first-order chi connectivity index (χ1) is 16.5. The van der Waals surface area contributed by atoms with Gasteiger partial charge >= 0.3 is 0 Å². The first-order valence-corrected chi connectivity index (χ1v) is 12.1. The van der Waals surface area contributed by atoms with Crippen LogP contribution in [0.1, 0.15) is 53.0 Å². The van der Waals surface area contributed by atoms with E-state index in [1.165, 1.54) is 12.1 Å². The fourth-order valence-electron chi connectivity index (χ4n) is 5.40. The van der Waals surface area contributed by atoms with Crippen molar-refractivity contribution in [1.82, 2.24) is 14.8 Å². The number of aromatic amines is 1. The monoisotopic (exact) mass is 545 g/mol. The van der Waals surface area contributed by atoms with E-state index in [2.05, 4.69) is 9.88 Å². The number of amides is 1. The number of fused-ring (bicyclic) bond motifs is 1. The van der Waals surface area contributed by atoms with Crippen LogP contribution in [0.25, 0.3) is 10.9 Å². The number of carbonyl (C=O) groups excluding carboxylic acids is 2. The molecule has 5 nitrogen and oxygen atoms in total. The molecule has 8 heteroatoms. The maximum atomic E-state index is 14.8. The van der Waals surface area contributed by atoms with E-state index in [9.17, 15) is 18.4 Å². The van der Waals surface area contributed by atoms with E-state index in [-0.39, 0.29) is 52.1 Å². The van der Waals surface area contributed by atoms with Gasteiger partial charge in [-0.2, -0.15) is 0 Å². The van der Waals surface area contributed by atoms with Crippen molar-refractivity contribution >= 4 is 39.6 Å². The van der Waals surface area contributed by atoms with Crippen molar-refractivity contribution in [2.75, 3.05) is 26.2 Å². The quantitative estimate of drug-likeness (QED) is 0.409. The number of para-hydroxylation sites is 1. The Kier molecular flexibility index (Phi) is 8.02. The van der Waals surface area contributed by atoms with Gasteiger partial charge < -0.3 is 14.8 Å². The lowest BCUT2D eigenvalue weighted by molar-refractivity contribution is 0.0696. The van der Waals surface area contributed by atoms with E-state index in [1.807, 2.05) is 11.0 Å². The molecular formula is C27H30BrF2N3O2. The van der Waals surface area contributed by atoms with Crippen LogP contribution in [0, 0.1) is 17.6 Å². The standard InChI is InChI=1S/C27H29F2N3O2.BrH/c28-20-9-7-18(8-10-20)26(33)19-11-15-31(16-12-19)17-13-21-4-3-14-32(21)27(34)25-24(29)22-5-1-2-6-23(22)30-25;/h1-2,5-10,19,21,30H,3-4,11-17H2;1H. The van der Waals surface area contributed by atoms with Crippen LogP contribution in [0.4, 0.5) is 8.78 Å². The Morgan fingerprint density at radius 2 is 1.66 bits per heavy atom. The highest BCUT2D eigenvalue weighted by molar-refractivity contribution is 8.93. The molecule has 3 aromatic rings. The van der Waals surface area contributed by atoms with Crippen LogP contribution < -0.4 is 0 Å². The second-order valence-corrected chi connectivity index (χ2v) is 9.43. The largest absolute Gasteiger partial charge is 0.348 e. The van der Waals surface area contributed by atoms with Crippen LogP contribution in [0.3, 0.4) is 0 Å². The molecule has 1 amide bonds. The summed E-state index contributed by atoms with van der Waals surface area (Å²) in [6.07, 6.45) is 4.25. The summed E-state index contributed by atoms with van der Waals surface area (Å²) < 4.78 is 28.0. The lowest BCUT2D eigenvalue weighted by Gasteiger charge is -2.33. The Balaban J connectivity index is 0.00000289. The number of likely N-dealkylation sites (tertiary alicyclic amines) is 2. The van der Waals surface area contributed by atoms with Crippen molar-refractivity contribution in [2.24, 2.45) is 5.92 Å². The van der Waals surface area contributed by atoms with Crippen molar-refractivity contribution in [2.45, 2.75) is 38.1 Å². The average Bonchev–Trinajstić information content (AvgIpc) is 3.47. The summed E-state index contributed by atoms with van der Waals surface area (Å²) in [5.41, 5.74) is 1.26. The van der Waals surface area contributed by atoms with E-state index in [0.29, 0.717) is 23.0 Å². The van der Waals surface area contributed by atoms with Gasteiger partial charge in [0.15, 0.2) is 11.6 Å². The zero-order valence-corrected chi connectivity index (χ0v) is 21.2. The number of nitrogens with zero attached hydrogens (tertiary/aromatic N) is 2. The maximum Gasteiger partial charge on any atom is 0.273 e. The number of aromatic nitrogens is 1. The van der Waals surface area contributed by atoms with Gasteiger partial charge in [0.1, 0.15) is 11.5 Å². The molecule has 0 saturated carbocycles. The van der Waals surface area contributed by atoms with Crippen LogP contribution in [0.15, 0.2) is 48.5 Å². The first kappa shape index (κ1) is 25.5. The minimum absolute atomic E-state index is 0. The summed E-state index contributed by atoms with van der Waals surface area (Å²) in [6.45, 7) is 3.15. The van der Waals surface area contributed by atoms with Crippen molar-refractivity contribution in [1.29, 1.82) is 0 Å². The predicted octanol–water partition coefficient (Wildman–Crippen LogP) is 5.61. The Labute approximate surface area is 214 Å². The summed E-state index contributed by atoms with van der Waals surface area (Å²) in [5, 5.41) is 0.444. The maximum absolute atomic E-state index is 14.8. The summed E-state index contributed by atoms with van der Waals surface area (Å²) in [7, 11) is 0. The molecule has 186 valence electrons. The smallest absolute Gasteiger partial charge is 0.273 e. The van der Waals surface area contributed by atoms with Gasteiger partial charge in [0, 0.05) is 41.5 Å². The normalized spacial score (nSPS) is 19.1. The average molecular weight is 546 g/mol. The summed E-state index contributed by atoms with van der Waals surface area (Å²) >= 11 is 0. The molecular weight excluding hydrogens is 516 g/mol. The van der Waals surface area contributed by atoms with Gasteiger partial charge in [0.25, 0.3) is 5.91 Å². The number of piperidine rings is 1. The predicted molar refractivity (Wildman–Crippen MR) is 137 cm³/mol. The highest BCUT2D eigenvalue weighted by atomic mass is 79.9. The SMILES string of the molecule is Br.O=C(c1ccc(F)cc1)C1CCN(CCC2CCCN2C(=O)c2[nH]c3ccccc3c2F)CC1. The van der Waals surface area contributed by atoms with E-state index >= 15 is 0 Å². The fraction of sp³-hybridized carbons (Fsp3) is 0.407. The van der Waals surface area contributed by atoms with Crippen molar-refractivity contribution < 1.29 is 18.4 Å². The molecule has 2 aliphatic rings. The van der Waals surface area contributed by atoms with E-state index in [4.69, 9.17) is 0 Å². The molecule has 2 aromatic carbocycles.